The number of hydrogen-bond acceptors (Lipinski definition) is 2. The van der Waals surface area contributed by atoms with Crippen LogP contribution in [0.15, 0.2) is 144 Å². The minimum Gasteiger partial charge on any atom is -0.456 e. The normalized spacial score (nSPS) is 13.3. The molecule has 6 aromatic carbocycles. The van der Waals surface area contributed by atoms with Crippen molar-refractivity contribution in [2.24, 2.45) is 0 Å². The van der Waals surface area contributed by atoms with Crippen LogP contribution in [0.2, 0.25) is 0 Å². The molecule has 0 atom stereocenters. The molecule has 0 spiro atoms. The number of hydrogen-bond donors (Lipinski definition) is 0. The standard InChI is InChI=1S/C39H29NO/c1-39(2)35-17-8-6-15-31(35)32-21-20-30(25-36(32)39)40(28-12-4-3-5-13-28)29-14-10-11-26(23-29)27-19-22-38-34(24-27)33-16-7-9-18-37(33)41-38/h3-25H,1-2H3. The van der Waals surface area contributed by atoms with E-state index in [4.69, 9.17) is 4.42 Å². The summed E-state index contributed by atoms with van der Waals surface area (Å²) in [5, 5.41) is 2.29. The van der Waals surface area contributed by atoms with Crippen LogP contribution in [0.3, 0.4) is 0 Å². The Morgan fingerprint density at radius 2 is 1.15 bits per heavy atom. The SMILES string of the molecule is CC1(C)c2ccccc2-c2ccc(N(c3ccccc3)c3cccc(-c4ccc5oc6ccccc6c5c4)c3)cc21. The summed E-state index contributed by atoms with van der Waals surface area (Å²) in [5.74, 6) is 0. The Morgan fingerprint density at radius 1 is 0.463 bits per heavy atom. The fourth-order valence-electron chi connectivity index (χ4n) is 6.59. The lowest BCUT2D eigenvalue weighted by Gasteiger charge is -2.28. The average molecular weight is 528 g/mol. The van der Waals surface area contributed by atoms with Gasteiger partial charge >= 0.3 is 0 Å². The van der Waals surface area contributed by atoms with Gasteiger partial charge in [-0.2, -0.15) is 0 Å². The number of nitrogens with zero attached hydrogens (tertiary/aromatic N) is 1. The topological polar surface area (TPSA) is 16.4 Å². The minimum absolute atomic E-state index is 0.0606. The van der Waals surface area contributed by atoms with E-state index in [9.17, 15) is 0 Å². The van der Waals surface area contributed by atoms with Crippen molar-refractivity contribution in [3.63, 3.8) is 0 Å². The molecule has 0 saturated carbocycles. The first-order chi connectivity index (χ1) is 20.1. The highest BCUT2D eigenvalue weighted by Gasteiger charge is 2.35. The first-order valence-electron chi connectivity index (χ1n) is 14.2. The Balaban J connectivity index is 1.27. The van der Waals surface area contributed by atoms with Crippen LogP contribution in [0.4, 0.5) is 17.1 Å². The second-order valence-electron chi connectivity index (χ2n) is 11.4. The number of rotatable bonds is 4. The minimum atomic E-state index is -0.0606. The van der Waals surface area contributed by atoms with Gasteiger partial charge in [-0.1, -0.05) is 98.8 Å². The highest BCUT2D eigenvalue weighted by molar-refractivity contribution is 6.06. The van der Waals surface area contributed by atoms with E-state index in [-0.39, 0.29) is 5.41 Å². The molecule has 0 saturated heterocycles. The maximum atomic E-state index is 6.09. The molecule has 7 aromatic rings. The van der Waals surface area contributed by atoms with Crippen LogP contribution in [0.25, 0.3) is 44.2 Å². The van der Waals surface area contributed by atoms with Gasteiger partial charge in [0.1, 0.15) is 11.2 Å². The van der Waals surface area contributed by atoms with Gasteiger partial charge < -0.3 is 9.32 Å². The second kappa shape index (κ2) is 8.97. The molecule has 2 heteroatoms. The molecular weight excluding hydrogens is 498 g/mol. The van der Waals surface area contributed by atoms with E-state index in [1.165, 1.54) is 33.4 Å². The zero-order chi connectivity index (χ0) is 27.6. The van der Waals surface area contributed by atoms with E-state index >= 15 is 0 Å². The first kappa shape index (κ1) is 23.8. The molecule has 196 valence electrons. The average Bonchev–Trinajstić information content (AvgIpc) is 3.50. The molecule has 8 rings (SSSR count). The predicted molar refractivity (Wildman–Crippen MR) is 171 cm³/mol. The largest absolute Gasteiger partial charge is 0.456 e. The lowest BCUT2D eigenvalue weighted by atomic mass is 9.82. The summed E-state index contributed by atoms with van der Waals surface area (Å²) in [7, 11) is 0. The van der Waals surface area contributed by atoms with Gasteiger partial charge in [0.25, 0.3) is 0 Å². The molecule has 1 aromatic heterocycles. The summed E-state index contributed by atoms with van der Waals surface area (Å²) in [6.07, 6.45) is 0. The predicted octanol–water partition coefficient (Wildman–Crippen LogP) is 11.0. The van der Waals surface area contributed by atoms with E-state index in [1.807, 2.05) is 12.1 Å². The number of para-hydroxylation sites is 2. The summed E-state index contributed by atoms with van der Waals surface area (Å²) in [6.45, 7) is 4.68. The van der Waals surface area contributed by atoms with Gasteiger partial charge in [-0.25, -0.2) is 0 Å². The summed E-state index contributed by atoms with van der Waals surface area (Å²) < 4.78 is 6.09. The summed E-state index contributed by atoms with van der Waals surface area (Å²) in [6, 6.07) is 50.0. The van der Waals surface area contributed by atoms with Crippen LogP contribution in [-0.4, -0.2) is 0 Å². The quantitative estimate of drug-likeness (QED) is 0.226. The van der Waals surface area contributed by atoms with Crippen molar-refractivity contribution in [3.8, 4) is 22.3 Å². The van der Waals surface area contributed by atoms with Gasteiger partial charge in [-0.15, -0.1) is 0 Å². The number of anilines is 3. The molecule has 0 bridgehead atoms. The molecule has 0 N–H and O–H groups in total. The van der Waals surface area contributed by atoms with E-state index in [0.717, 1.165) is 39.0 Å². The smallest absolute Gasteiger partial charge is 0.135 e. The molecular formula is C39H29NO. The number of furan rings is 1. The third-order valence-electron chi connectivity index (χ3n) is 8.65. The van der Waals surface area contributed by atoms with Crippen molar-refractivity contribution in [3.05, 3.63) is 151 Å². The van der Waals surface area contributed by atoms with Crippen LogP contribution in [0.5, 0.6) is 0 Å². The first-order valence-corrected chi connectivity index (χ1v) is 14.2. The fourth-order valence-corrected chi connectivity index (χ4v) is 6.59. The van der Waals surface area contributed by atoms with E-state index in [2.05, 4.69) is 146 Å². The Morgan fingerprint density at radius 3 is 2.05 bits per heavy atom. The zero-order valence-electron chi connectivity index (χ0n) is 23.1. The molecule has 0 radical (unpaired) electrons. The monoisotopic (exact) mass is 527 g/mol. The Labute approximate surface area is 240 Å². The molecule has 41 heavy (non-hydrogen) atoms. The molecule has 0 amide bonds. The van der Waals surface area contributed by atoms with Crippen molar-refractivity contribution in [1.82, 2.24) is 0 Å². The van der Waals surface area contributed by atoms with Gasteiger partial charge in [0.15, 0.2) is 0 Å². The van der Waals surface area contributed by atoms with Crippen molar-refractivity contribution in [1.29, 1.82) is 0 Å². The third-order valence-corrected chi connectivity index (χ3v) is 8.65. The number of fused-ring (bicyclic) bond motifs is 6. The Bertz CT molecular complexity index is 2080. The molecule has 1 aliphatic rings. The van der Waals surface area contributed by atoms with Crippen LogP contribution in [0.1, 0.15) is 25.0 Å². The van der Waals surface area contributed by atoms with Crippen LogP contribution in [0, 0.1) is 0 Å². The summed E-state index contributed by atoms with van der Waals surface area (Å²) >= 11 is 0. The molecule has 0 fully saturated rings. The maximum Gasteiger partial charge on any atom is 0.135 e. The molecule has 1 heterocycles. The molecule has 1 aliphatic carbocycles. The molecule has 2 nitrogen and oxygen atoms in total. The summed E-state index contributed by atoms with van der Waals surface area (Å²) in [5.41, 5.74) is 13.0. The maximum absolute atomic E-state index is 6.09. The van der Waals surface area contributed by atoms with Gasteiger partial charge in [0, 0.05) is 33.2 Å². The molecule has 0 unspecified atom stereocenters. The van der Waals surface area contributed by atoms with Crippen LogP contribution in [-0.2, 0) is 5.41 Å². The van der Waals surface area contributed by atoms with Crippen LogP contribution >= 0.6 is 0 Å². The zero-order valence-corrected chi connectivity index (χ0v) is 23.1. The van der Waals surface area contributed by atoms with Crippen molar-refractivity contribution < 1.29 is 4.42 Å². The van der Waals surface area contributed by atoms with Gasteiger partial charge in [0.2, 0.25) is 0 Å². The van der Waals surface area contributed by atoms with Gasteiger partial charge in [-0.05, 0) is 88.0 Å². The van der Waals surface area contributed by atoms with E-state index in [1.54, 1.807) is 0 Å². The van der Waals surface area contributed by atoms with Crippen molar-refractivity contribution >= 4 is 39.0 Å². The van der Waals surface area contributed by atoms with E-state index in [0.29, 0.717) is 0 Å². The van der Waals surface area contributed by atoms with Crippen molar-refractivity contribution in [2.75, 3.05) is 4.90 Å². The van der Waals surface area contributed by atoms with Gasteiger partial charge in [0.05, 0.1) is 0 Å². The number of benzene rings is 6. The fraction of sp³-hybridized carbons (Fsp3) is 0.0769. The Kier molecular flexibility index (Phi) is 5.20. The summed E-state index contributed by atoms with van der Waals surface area (Å²) in [4.78, 5) is 2.37. The molecule has 0 aliphatic heterocycles. The second-order valence-corrected chi connectivity index (χ2v) is 11.4. The highest BCUT2D eigenvalue weighted by Crippen LogP contribution is 2.50. The lowest BCUT2D eigenvalue weighted by Crippen LogP contribution is -2.16. The highest BCUT2D eigenvalue weighted by atomic mass is 16.3. The van der Waals surface area contributed by atoms with E-state index < -0.39 is 0 Å². The van der Waals surface area contributed by atoms with Gasteiger partial charge in [-0.3, -0.25) is 0 Å². The van der Waals surface area contributed by atoms with Crippen LogP contribution < -0.4 is 4.90 Å². The van der Waals surface area contributed by atoms with Crippen molar-refractivity contribution in [2.45, 2.75) is 19.3 Å². The Hall–Kier alpha value is -5.08. The third kappa shape index (κ3) is 3.72. The lowest BCUT2D eigenvalue weighted by molar-refractivity contribution is 0.660.